The fourth-order valence-electron chi connectivity index (χ4n) is 2.41. The molecule has 0 bridgehead atoms. The van der Waals surface area contributed by atoms with Gasteiger partial charge in [0.15, 0.2) is 9.84 Å². The molecule has 0 radical (unpaired) electrons. The van der Waals surface area contributed by atoms with Gasteiger partial charge in [0, 0.05) is 23.6 Å². The maximum Gasteiger partial charge on any atom is 0.153 e. The van der Waals surface area contributed by atoms with Crippen molar-refractivity contribution in [3.8, 4) is 0 Å². The standard InChI is InChI=1S/C14H21BrN2O2S/c1-17(10-12-2-4-13(15)5-3-12)8-6-14-11-20(18,19)9-7-16-14/h2-5,14,16H,6-11H2,1H3. The molecule has 6 heteroatoms. The van der Waals surface area contributed by atoms with Crippen LogP contribution >= 0.6 is 15.9 Å². The zero-order valence-electron chi connectivity index (χ0n) is 11.7. The molecule has 1 fully saturated rings. The maximum atomic E-state index is 11.6. The molecule has 1 atom stereocenters. The lowest BCUT2D eigenvalue weighted by atomic mass is 10.2. The van der Waals surface area contributed by atoms with Crippen LogP contribution in [0.25, 0.3) is 0 Å². The van der Waals surface area contributed by atoms with Crippen LogP contribution in [0, 0.1) is 0 Å². The van der Waals surface area contributed by atoms with Crippen molar-refractivity contribution in [2.45, 2.75) is 19.0 Å². The molecular weight excluding hydrogens is 340 g/mol. The van der Waals surface area contributed by atoms with E-state index in [4.69, 9.17) is 0 Å². The van der Waals surface area contributed by atoms with Gasteiger partial charge in [-0.3, -0.25) is 0 Å². The van der Waals surface area contributed by atoms with Crippen molar-refractivity contribution in [1.82, 2.24) is 10.2 Å². The van der Waals surface area contributed by atoms with Crippen LogP contribution in [-0.2, 0) is 16.4 Å². The minimum Gasteiger partial charge on any atom is -0.312 e. The molecule has 1 N–H and O–H groups in total. The van der Waals surface area contributed by atoms with Gasteiger partial charge in [0.25, 0.3) is 0 Å². The number of sulfone groups is 1. The smallest absolute Gasteiger partial charge is 0.153 e. The number of halogens is 1. The van der Waals surface area contributed by atoms with E-state index in [9.17, 15) is 8.42 Å². The number of benzene rings is 1. The number of nitrogens with one attached hydrogen (secondary N) is 1. The van der Waals surface area contributed by atoms with Gasteiger partial charge in [0.05, 0.1) is 11.5 Å². The Balaban J connectivity index is 1.77. The van der Waals surface area contributed by atoms with Gasteiger partial charge in [-0.25, -0.2) is 8.42 Å². The van der Waals surface area contributed by atoms with Gasteiger partial charge in [-0.05, 0) is 37.7 Å². The van der Waals surface area contributed by atoms with Crippen molar-refractivity contribution >= 4 is 25.8 Å². The Morgan fingerprint density at radius 3 is 2.70 bits per heavy atom. The van der Waals surface area contributed by atoms with Crippen LogP contribution in [-0.4, -0.2) is 51.0 Å². The van der Waals surface area contributed by atoms with E-state index in [1.807, 2.05) is 12.1 Å². The fraction of sp³-hybridized carbons (Fsp3) is 0.571. The molecule has 1 unspecified atom stereocenters. The SMILES string of the molecule is CN(CCC1CS(=O)(=O)CCN1)Cc1ccc(Br)cc1. The molecule has 0 spiro atoms. The third-order valence-corrected chi connectivity index (χ3v) is 5.79. The number of nitrogens with zero attached hydrogens (tertiary/aromatic N) is 1. The number of rotatable bonds is 5. The molecule has 112 valence electrons. The summed E-state index contributed by atoms with van der Waals surface area (Å²) in [5, 5.41) is 3.29. The fourth-order valence-corrected chi connectivity index (χ4v) is 4.17. The van der Waals surface area contributed by atoms with E-state index in [-0.39, 0.29) is 17.5 Å². The van der Waals surface area contributed by atoms with Crippen LogP contribution < -0.4 is 5.32 Å². The number of hydrogen-bond acceptors (Lipinski definition) is 4. The lowest BCUT2D eigenvalue weighted by molar-refractivity contribution is 0.303. The highest BCUT2D eigenvalue weighted by atomic mass is 79.9. The van der Waals surface area contributed by atoms with Gasteiger partial charge in [0.1, 0.15) is 0 Å². The van der Waals surface area contributed by atoms with Gasteiger partial charge in [-0.1, -0.05) is 28.1 Å². The summed E-state index contributed by atoms with van der Waals surface area (Å²) in [5.74, 6) is 0.553. The third kappa shape index (κ3) is 5.16. The summed E-state index contributed by atoms with van der Waals surface area (Å²) in [6.07, 6.45) is 0.867. The van der Waals surface area contributed by atoms with Gasteiger partial charge in [-0.15, -0.1) is 0 Å². The Bertz CT molecular complexity index is 531. The molecule has 1 heterocycles. The first-order chi connectivity index (χ1) is 9.44. The molecule has 0 aliphatic carbocycles. The molecule has 1 aliphatic rings. The third-order valence-electron chi connectivity index (χ3n) is 3.53. The van der Waals surface area contributed by atoms with Gasteiger partial charge in [-0.2, -0.15) is 0 Å². The van der Waals surface area contributed by atoms with Crippen LogP contribution in [0.5, 0.6) is 0 Å². The molecule has 0 aromatic heterocycles. The highest BCUT2D eigenvalue weighted by Crippen LogP contribution is 2.12. The summed E-state index contributed by atoms with van der Waals surface area (Å²) >= 11 is 3.43. The lowest BCUT2D eigenvalue weighted by Crippen LogP contribution is -2.46. The zero-order chi connectivity index (χ0) is 14.6. The second-order valence-electron chi connectivity index (χ2n) is 5.42. The summed E-state index contributed by atoms with van der Waals surface area (Å²) in [4.78, 5) is 2.23. The molecule has 4 nitrogen and oxygen atoms in total. The quantitative estimate of drug-likeness (QED) is 0.867. The van der Waals surface area contributed by atoms with Crippen LogP contribution in [0.4, 0.5) is 0 Å². The number of hydrogen-bond donors (Lipinski definition) is 1. The summed E-state index contributed by atoms with van der Waals surface area (Å²) < 4.78 is 24.2. The summed E-state index contributed by atoms with van der Waals surface area (Å²) in [6.45, 7) is 2.36. The second-order valence-corrected chi connectivity index (χ2v) is 8.56. The topological polar surface area (TPSA) is 49.4 Å². The van der Waals surface area contributed by atoms with Crippen molar-refractivity contribution < 1.29 is 8.42 Å². The Morgan fingerprint density at radius 1 is 1.35 bits per heavy atom. The average Bonchev–Trinajstić information content (AvgIpc) is 2.38. The van der Waals surface area contributed by atoms with E-state index in [0.717, 1.165) is 24.0 Å². The Hall–Kier alpha value is -0.430. The first-order valence-corrected chi connectivity index (χ1v) is 9.43. The molecule has 0 amide bonds. The first kappa shape index (κ1) is 15.9. The van der Waals surface area contributed by atoms with Gasteiger partial charge >= 0.3 is 0 Å². The lowest BCUT2D eigenvalue weighted by Gasteiger charge is -2.26. The van der Waals surface area contributed by atoms with Gasteiger partial charge < -0.3 is 10.2 Å². The largest absolute Gasteiger partial charge is 0.312 e. The summed E-state index contributed by atoms with van der Waals surface area (Å²) in [6, 6.07) is 8.38. The van der Waals surface area contributed by atoms with E-state index in [1.165, 1.54) is 5.56 Å². The van der Waals surface area contributed by atoms with Crippen molar-refractivity contribution in [1.29, 1.82) is 0 Å². The van der Waals surface area contributed by atoms with Crippen LogP contribution in [0.1, 0.15) is 12.0 Å². The van der Waals surface area contributed by atoms with Crippen molar-refractivity contribution in [3.63, 3.8) is 0 Å². The Labute approximate surface area is 129 Å². The normalized spacial score (nSPS) is 22.1. The molecular formula is C14H21BrN2O2S. The van der Waals surface area contributed by atoms with Crippen LogP contribution in [0.2, 0.25) is 0 Å². The predicted octanol–water partition coefficient (Wildman–Crippen LogP) is 1.66. The minimum atomic E-state index is -2.83. The molecule has 1 aromatic carbocycles. The molecule has 1 aliphatic heterocycles. The van der Waals surface area contributed by atoms with E-state index in [2.05, 4.69) is 45.3 Å². The van der Waals surface area contributed by atoms with Crippen molar-refractivity contribution in [2.24, 2.45) is 0 Å². The molecule has 2 rings (SSSR count). The minimum absolute atomic E-state index is 0.0983. The van der Waals surface area contributed by atoms with Crippen LogP contribution in [0.15, 0.2) is 28.7 Å². The van der Waals surface area contributed by atoms with E-state index in [0.29, 0.717) is 6.54 Å². The molecule has 0 saturated carbocycles. The molecule has 20 heavy (non-hydrogen) atoms. The summed E-state index contributed by atoms with van der Waals surface area (Å²) in [5.41, 5.74) is 1.26. The van der Waals surface area contributed by atoms with E-state index >= 15 is 0 Å². The predicted molar refractivity (Wildman–Crippen MR) is 85.5 cm³/mol. The highest BCUT2D eigenvalue weighted by molar-refractivity contribution is 9.10. The maximum absolute atomic E-state index is 11.6. The van der Waals surface area contributed by atoms with Crippen LogP contribution in [0.3, 0.4) is 0 Å². The zero-order valence-corrected chi connectivity index (χ0v) is 14.1. The average molecular weight is 361 g/mol. The van der Waals surface area contributed by atoms with Crippen molar-refractivity contribution in [2.75, 3.05) is 31.6 Å². The molecule has 1 saturated heterocycles. The van der Waals surface area contributed by atoms with Crippen molar-refractivity contribution in [3.05, 3.63) is 34.3 Å². The Morgan fingerprint density at radius 2 is 2.05 bits per heavy atom. The first-order valence-electron chi connectivity index (χ1n) is 6.81. The second kappa shape index (κ2) is 7.02. The summed E-state index contributed by atoms with van der Waals surface area (Å²) in [7, 11) is -0.761. The molecule has 1 aromatic rings. The highest BCUT2D eigenvalue weighted by Gasteiger charge is 2.23. The van der Waals surface area contributed by atoms with E-state index in [1.54, 1.807) is 0 Å². The van der Waals surface area contributed by atoms with Gasteiger partial charge in [0.2, 0.25) is 0 Å². The Kier molecular flexibility index (Phi) is 5.60. The monoisotopic (exact) mass is 360 g/mol. The van der Waals surface area contributed by atoms with E-state index < -0.39 is 9.84 Å².